The minimum absolute atomic E-state index is 0.496. The topological polar surface area (TPSA) is 82.3 Å². The first-order valence-electron chi connectivity index (χ1n) is 7.79. The molecule has 0 fully saturated rings. The number of benzene rings is 2. The molecule has 3 N–H and O–H groups in total. The molecular weight excluding hydrogens is 316 g/mol. The summed E-state index contributed by atoms with van der Waals surface area (Å²) in [6, 6.07) is 13.2. The van der Waals surface area contributed by atoms with Gasteiger partial charge in [-0.25, -0.2) is 9.97 Å². The highest BCUT2D eigenvalue weighted by atomic mass is 16.5. The SMILES string of the molecule is COc1ccc(Nc2ncc(C)c(-c3cccc(N)c3)n2)cc1OC. The lowest BCUT2D eigenvalue weighted by atomic mass is 10.1. The average molecular weight is 336 g/mol. The van der Waals surface area contributed by atoms with Crippen molar-refractivity contribution in [3.05, 3.63) is 54.2 Å². The summed E-state index contributed by atoms with van der Waals surface area (Å²) in [5, 5.41) is 3.19. The molecule has 0 aliphatic carbocycles. The van der Waals surface area contributed by atoms with Gasteiger partial charge in [-0.15, -0.1) is 0 Å². The van der Waals surface area contributed by atoms with Crippen molar-refractivity contribution in [3.63, 3.8) is 0 Å². The monoisotopic (exact) mass is 336 g/mol. The van der Waals surface area contributed by atoms with E-state index in [1.54, 1.807) is 20.4 Å². The lowest BCUT2D eigenvalue weighted by Gasteiger charge is -2.12. The molecule has 6 heteroatoms. The molecule has 0 saturated carbocycles. The number of aryl methyl sites for hydroxylation is 1. The summed E-state index contributed by atoms with van der Waals surface area (Å²) in [4.78, 5) is 8.98. The van der Waals surface area contributed by atoms with E-state index in [1.165, 1.54) is 0 Å². The van der Waals surface area contributed by atoms with Crippen LogP contribution in [0.4, 0.5) is 17.3 Å². The first-order chi connectivity index (χ1) is 12.1. The van der Waals surface area contributed by atoms with Crippen LogP contribution in [0.2, 0.25) is 0 Å². The Balaban J connectivity index is 1.93. The Morgan fingerprint density at radius 3 is 2.52 bits per heavy atom. The first kappa shape index (κ1) is 16.6. The maximum absolute atomic E-state index is 5.88. The van der Waals surface area contributed by atoms with Gasteiger partial charge in [0.2, 0.25) is 5.95 Å². The van der Waals surface area contributed by atoms with Crippen LogP contribution in [0.5, 0.6) is 11.5 Å². The van der Waals surface area contributed by atoms with Gasteiger partial charge in [-0.2, -0.15) is 0 Å². The Hall–Kier alpha value is -3.28. The molecule has 2 aromatic carbocycles. The van der Waals surface area contributed by atoms with Crippen molar-refractivity contribution in [1.82, 2.24) is 9.97 Å². The van der Waals surface area contributed by atoms with Gasteiger partial charge in [0.05, 0.1) is 19.9 Å². The second-order valence-electron chi connectivity index (χ2n) is 5.55. The van der Waals surface area contributed by atoms with Crippen LogP contribution in [-0.2, 0) is 0 Å². The number of anilines is 3. The third kappa shape index (κ3) is 3.63. The summed E-state index contributed by atoms with van der Waals surface area (Å²) in [5.74, 6) is 1.80. The molecule has 25 heavy (non-hydrogen) atoms. The predicted molar refractivity (Wildman–Crippen MR) is 99.4 cm³/mol. The Bertz CT molecular complexity index is 896. The molecule has 0 bridgehead atoms. The molecule has 3 rings (SSSR count). The maximum Gasteiger partial charge on any atom is 0.227 e. The summed E-state index contributed by atoms with van der Waals surface area (Å²) in [7, 11) is 3.20. The molecule has 1 heterocycles. The van der Waals surface area contributed by atoms with Crippen molar-refractivity contribution in [1.29, 1.82) is 0 Å². The highest BCUT2D eigenvalue weighted by molar-refractivity contribution is 5.68. The molecule has 1 aromatic heterocycles. The molecule has 0 amide bonds. The largest absolute Gasteiger partial charge is 0.493 e. The van der Waals surface area contributed by atoms with Crippen LogP contribution in [0.15, 0.2) is 48.7 Å². The van der Waals surface area contributed by atoms with Crippen LogP contribution >= 0.6 is 0 Å². The van der Waals surface area contributed by atoms with E-state index in [2.05, 4.69) is 15.3 Å². The molecule has 3 aromatic rings. The number of methoxy groups -OCH3 is 2. The molecule has 0 unspecified atom stereocenters. The Morgan fingerprint density at radius 1 is 1.00 bits per heavy atom. The summed E-state index contributed by atoms with van der Waals surface area (Å²) >= 11 is 0. The number of ether oxygens (including phenoxy) is 2. The zero-order valence-corrected chi connectivity index (χ0v) is 14.4. The zero-order valence-electron chi connectivity index (χ0n) is 14.4. The van der Waals surface area contributed by atoms with Gasteiger partial charge in [0.15, 0.2) is 11.5 Å². The number of rotatable bonds is 5. The van der Waals surface area contributed by atoms with Crippen LogP contribution in [0.3, 0.4) is 0 Å². The highest BCUT2D eigenvalue weighted by Crippen LogP contribution is 2.31. The van der Waals surface area contributed by atoms with Gasteiger partial charge in [0, 0.05) is 29.2 Å². The van der Waals surface area contributed by atoms with Gasteiger partial charge < -0.3 is 20.5 Å². The van der Waals surface area contributed by atoms with Crippen molar-refractivity contribution in [3.8, 4) is 22.8 Å². The Labute approximate surface area is 146 Å². The van der Waals surface area contributed by atoms with E-state index in [0.717, 1.165) is 22.5 Å². The Kier molecular flexibility index (Phi) is 4.70. The molecule has 0 radical (unpaired) electrons. The highest BCUT2D eigenvalue weighted by Gasteiger charge is 2.09. The summed E-state index contributed by atoms with van der Waals surface area (Å²) < 4.78 is 10.6. The zero-order chi connectivity index (χ0) is 17.8. The summed E-state index contributed by atoms with van der Waals surface area (Å²) in [6.07, 6.45) is 1.79. The molecule has 128 valence electrons. The molecule has 6 nitrogen and oxygen atoms in total. The van der Waals surface area contributed by atoms with Crippen molar-refractivity contribution in [2.75, 3.05) is 25.3 Å². The fourth-order valence-electron chi connectivity index (χ4n) is 2.52. The van der Waals surface area contributed by atoms with E-state index in [-0.39, 0.29) is 0 Å². The number of hydrogen-bond acceptors (Lipinski definition) is 6. The normalized spacial score (nSPS) is 10.4. The van der Waals surface area contributed by atoms with Crippen LogP contribution in [0, 0.1) is 6.92 Å². The molecule has 0 spiro atoms. The second-order valence-corrected chi connectivity index (χ2v) is 5.55. The summed E-state index contributed by atoms with van der Waals surface area (Å²) in [5.41, 5.74) is 10.2. The number of aromatic nitrogens is 2. The second kappa shape index (κ2) is 7.09. The van der Waals surface area contributed by atoms with Gasteiger partial charge in [-0.05, 0) is 36.8 Å². The number of hydrogen-bond donors (Lipinski definition) is 2. The predicted octanol–water partition coefficient (Wildman–Crippen LogP) is 3.80. The van der Waals surface area contributed by atoms with Crippen molar-refractivity contribution >= 4 is 17.3 Å². The molecule has 0 atom stereocenters. The first-order valence-corrected chi connectivity index (χ1v) is 7.79. The fourth-order valence-corrected chi connectivity index (χ4v) is 2.52. The van der Waals surface area contributed by atoms with E-state index in [1.807, 2.05) is 49.4 Å². The van der Waals surface area contributed by atoms with Crippen LogP contribution in [0.25, 0.3) is 11.3 Å². The number of nitrogens with one attached hydrogen (secondary N) is 1. The number of nitrogens with two attached hydrogens (primary N) is 1. The minimum atomic E-state index is 0.496. The van der Waals surface area contributed by atoms with Crippen LogP contribution < -0.4 is 20.5 Å². The fraction of sp³-hybridized carbons (Fsp3) is 0.158. The number of nitrogens with zero attached hydrogens (tertiary/aromatic N) is 2. The smallest absolute Gasteiger partial charge is 0.227 e. The van der Waals surface area contributed by atoms with E-state index in [9.17, 15) is 0 Å². The van der Waals surface area contributed by atoms with E-state index in [0.29, 0.717) is 23.1 Å². The van der Waals surface area contributed by atoms with E-state index < -0.39 is 0 Å². The molecule has 0 saturated heterocycles. The molecule has 0 aliphatic rings. The van der Waals surface area contributed by atoms with Gasteiger partial charge in [-0.1, -0.05) is 12.1 Å². The van der Waals surface area contributed by atoms with E-state index in [4.69, 9.17) is 15.2 Å². The lowest BCUT2D eigenvalue weighted by molar-refractivity contribution is 0.355. The maximum atomic E-state index is 5.88. The quantitative estimate of drug-likeness (QED) is 0.690. The van der Waals surface area contributed by atoms with Crippen molar-refractivity contribution in [2.45, 2.75) is 6.92 Å². The third-order valence-corrected chi connectivity index (χ3v) is 3.77. The van der Waals surface area contributed by atoms with Crippen molar-refractivity contribution in [2.24, 2.45) is 0 Å². The van der Waals surface area contributed by atoms with E-state index >= 15 is 0 Å². The van der Waals surface area contributed by atoms with Gasteiger partial charge in [0.25, 0.3) is 0 Å². The number of nitrogen functional groups attached to an aromatic ring is 1. The third-order valence-electron chi connectivity index (χ3n) is 3.77. The lowest BCUT2D eigenvalue weighted by Crippen LogP contribution is -2.01. The Morgan fingerprint density at radius 2 is 1.80 bits per heavy atom. The van der Waals surface area contributed by atoms with Gasteiger partial charge in [-0.3, -0.25) is 0 Å². The molecular formula is C19H20N4O2. The van der Waals surface area contributed by atoms with Crippen LogP contribution in [0.1, 0.15) is 5.56 Å². The average Bonchev–Trinajstić information content (AvgIpc) is 2.63. The standard InChI is InChI=1S/C19H20N4O2/c1-12-11-21-19(23-18(12)13-5-4-6-14(20)9-13)22-15-7-8-16(24-2)17(10-15)25-3/h4-11H,20H2,1-3H3,(H,21,22,23). The molecule has 0 aliphatic heterocycles. The summed E-state index contributed by atoms with van der Waals surface area (Å²) in [6.45, 7) is 1.97. The minimum Gasteiger partial charge on any atom is -0.493 e. The van der Waals surface area contributed by atoms with Gasteiger partial charge >= 0.3 is 0 Å². The van der Waals surface area contributed by atoms with Crippen molar-refractivity contribution < 1.29 is 9.47 Å². The van der Waals surface area contributed by atoms with Gasteiger partial charge in [0.1, 0.15) is 0 Å². The van der Waals surface area contributed by atoms with Crippen LogP contribution in [-0.4, -0.2) is 24.2 Å².